The van der Waals surface area contributed by atoms with Crippen LogP contribution >= 0.6 is 0 Å². The maximum atomic E-state index is 13.2. The summed E-state index contributed by atoms with van der Waals surface area (Å²) in [5.74, 6) is 0.491. The Balaban J connectivity index is 1.47. The van der Waals surface area contributed by atoms with Gasteiger partial charge in [-0.1, -0.05) is 12.1 Å². The molecule has 0 bridgehead atoms. The number of aryl methyl sites for hydroxylation is 1. The first kappa shape index (κ1) is 19.0. The van der Waals surface area contributed by atoms with Crippen molar-refractivity contribution in [3.05, 3.63) is 66.1 Å². The van der Waals surface area contributed by atoms with Gasteiger partial charge in [0.05, 0.1) is 18.5 Å². The van der Waals surface area contributed by atoms with Crippen molar-refractivity contribution in [3.8, 4) is 17.0 Å². The number of amides is 1. The number of para-hydroxylation sites is 2. The van der Waals surface area contributed by atoms with Crippen LogP contribution in [0.3, 0.4) is 0 Å². The molecular weight excluding hydrogens is 371 g/mol. The van der Waals surface area contributed by atoms with Crippen LogP contribution in [-0.4, -0.2) is 53.9 Å². The molecule has 150 valence electrons. The molecule has 1 fully saturated rings. The molecule has 2 aromatic carbocycles. The molecule has 3 aromatic rings. The Kier molecular flexibility index (Phi) is 5.20. The third-order valence-corrected chi connectivity index (χ3v) is 5.23. The first-order valence-electron chi connectivity index (χ1n) is 9.54. The van der Waals surface area contributed by atoms with Crippen molar-refractivity contribution in [3.63, 3.8) is 0 Å². The molecule has 0 saturated carbocycles. The Morgan fingerprint density at radius 1 is 1.03 bits per heavy atom. The van der Waals surface area contributed by atoms with E-state index in [1.807, 2.05) is 29.2 Å². The van der Waals surface area contributed by atoms with Crippen LogP contribution in [0.15, 0.2) is 54.6 Å². The van der Waals surface area contributed by atoms with E-state index in [1.54, 1.807) is 37.0 Å². The molecule has 6 nitrogen and oxygen atoms in total. The lowest BCUT2D eigenvalue weighted by atomic mass is 10.1. The van der Waals surface area contributed by atoms with E-state index in [2.05, 4.69) is 10.00 Å². The van der Waals surface area contributed by atoms with Crippen molar-refractivity contribution in [1.82, 2.24) is 14.7 Å². The van der Waals surface area contributed by atoms with Crippen molar-refractivity contribution < 1.29 is 13.9 Å². The summed E-state index contributed by atoms with van der Waals surface area (Å²) in [4.78, 5) is 17.1. The summed E-state index contributed by atoms with van der Waals surface area (Å²) in [7, 11) is 3.42. The number of aromatic nitrogens is 2. The van der Waals surface area contributed by atoms with Gasteiger partial charge < -0.3 is 14.5 Å². The van der Waals surface area contributed by atoms with Crippen LogP contribution in [0.4, 0.5) is 10.1 Å². The molecule has 1 aromatic heterocycles. The highest BCUT2D eigenvalue weighted by molar-refractivity contribution is 5.94. The van der Waals surface area contributed by atoms with Crippen LogP contribution in [0.2, 0.25) is 0 Å². The largest absolute Gasteiger partial charge is 0.495 e. The smallest absolute Gasteiger partial charge is 0.272 e. The fraction of sp³-hybridized carbons (Fsp3) is 0.273. The van der Waals surface area contributed by atoms with E-state index in [1.165, 1.54) is 12.1 Å². The van der Waals surface area contributed by atoms with E-state index < -0.39 is 0 Å². The Bertz CT molecular complexity index is 1010. The molecule has 7 heteroatoms. The summed E-state index contributed by atoms with van der Waals surface area (Å²) in [5, 5.41) is 4.43. The predicted molar refractivity (Wildman–Crippen MR) is 110 cm³/mol. The van der Waals surface area contributed by atoms with Crippen LogP contribution < -0.4 is 9.64 Å². The number of ether oxygens (including phenoxy) is 1. The number of hydrogen-bond acceptors (Lipinski definition) is 4. The number of benzene rings is 2. The van der Waals surface area contributed by atoms with Gasteiger partial charge in [-0.15, -0.1) is 0 Å². The first-order chi connectivity index (χ1) is 14.1. The molecule has 1 amide bonds. The highest BCUT2D eigenvalue weighted by atomic mass is 19.1. The van der Waals surface area contributed by atoms with E-state index in [-0.39, 0.29) is 11.7 Å². The van der Waals surface area contributed by atoms with Gasteiger partial charge in [-0.2, -0.15) is 5.10 Å². The lowest BCUT2D eigenvalue weighted by Gasteiger charge is -2.36. The van der Waals surface area contributed by atoms with E-state index in [9.17, 15) is 9.18 Å². The van der Waals surface area contributed by atoms with Gasteiger partial charge in [-0.25, -0.2) is 4.39 Å². The molecule has 1 aliphatic rings. The monoisotopic (exact) mass is 394 g/mol. The fourth-order valence-electron chi connectivity index (χ4n) is 3.63. The van der Waals surface area contributed by atoms with Crippen LogP contribution in [0.1, 0.15) is 10.5 Å². The van der Waals surface area contributed by atoms with Crippen molar-refractivity contribution >= 4 is 11.6 Å². The fourth-order valence-corrected chi connectivity index (χ4v) is 3.63. The molecule has 1 saturated heterocycles. The molecule has 0 atom stereocenters. The van der Waals surface area contributed by atoms with Gasteiger partial charge >= 0.3 is 0 Å². The van der Waals surface area contributed by atoms with Crippen molar-refractivity contribution in [2.75, 3.05) is 38.2 Å². The lowest BCUT2D eigenvalue weighted by Crippen LogP contribution is -2.49. The Morgan fingerprint density at radius 3 is 2.41 bits per heavy atom. The summed E-state index contributed by atoms with van der Waals surface area (Å²) in [6, 6.07) is 15.8. The molecule has 0 aliphatic carbocycles. The summed E-state index contributed by atoms with van der Waals surface area (Å²) in [6.45, 7) is 2.70. The summed E-state index contributed by atoms with van der Waals surface area (Å²) in [6.07, 6.45) is 0. The van der Waals surface area contributed by atoms with E-state index in [0.717, 1.165) is 30.1 Å². The Morgan fingerprint density at radius 2 is 1.72 bits per heavy atom. The maximum absolute atomic E-state index is 13.2. The maximum Gasteiger partial charge on any atom is 0.272 e. The minimum absolute atomic E-state index is 0.0481. The van der Waals surface area contributed by atoms with Gasteiger partial charge in [0, 0.05) is 38.8 Å². The first-order valence-corrected chi connectivity index (χ1v) is 9.54. The minimum Gasteiger partial charge on any atom is -0.495 e. The molecule has 29 heavy (non-hydrogen) atoms. The van der Waals surface area contributed by atoms with Gasteiger partial charge in [0.15, 0.2) is 0 Å². The summed E-state index contributed by atoms with van der Waals surface area (Å²) in [5.41, 5.74) is 3.00. The third kappa shape index (κ3) is 3.81. The molecule has 0 radical (unpaired) electrons. The standard InChI is InChI=1S/C22H23FN4O2/c1-25-20(15-18(24-25)16-7-9-17(23)10-8-16)22(28)27-13-11-26(12-14-27)19-5-3-4-6-21(19)29-2/h3-10,15H,11-14H2,1-2H3. The zero-order valence-electron chi connectivity index (χ0n) is 16.5. The van der Waals surface area contributed by atoms with Gasteiger partial charge in [-0.3, -0.25) is 9.48 Å². The number of halogens is 1. The minimum atomic E-state index is -0.297. The molecule has 0 unspecified atom stereocenters. The average molecular weight is 394 g/mol. The number of nitrogens with zero attached hydrogens (tertiary/aromatic N) is 4. The second kappa shape index (κ2) is 7.95. The summed E-state index contributed by atoms with van der Waals surface area (Å²) >= 11 is 0. The molecule has 0 N–H and O–H groups in total. The quantitative estimate of drug-likeness (QED) is 0.682. The van der Waals surface area contributed by atoms with Crippen LogP contribution in [0.25, 0.3) is 11.3 Å². The van der Waals surface area contributed by atoms with Crippen LogP contribution in [0, 0.1) is 5.82 Å². The highest BCUT2D eigenvalue weighted by Gasteiger charge is 2.26. The molecule has 4 rings (SSSR count). The number of anilines is 1. The number of piperazine rings is 1. The van der Waals surface area contributed by atoms with Crippen LogP contribution in [-0.2, 0) is 7.05 Å². The molecule has 0 spiro atoms. The highest BCUT2D eigenvalue weighted by Crippen LogP contribution is 2.28. The van der Waals surface area contributed by atoms with Gasteiger partial charge in [-0.05, 0) is 42.5 Å². The lowest BCUT2D eigenvalue weighted by molar-refractivity contribution is 0.0735. The number of hydrogen-bond donors (Lipinski definition) is 0. The Labute approximate surface area is 169 Å². The van der Waals surface area contributed by atoms with E-state index in [0.29, 0.717) is 24.5 Å². The molecule has 2 heterocycles. The normalized spacial score (nSPS) is 14.2. The van der Waals surface area contributed by atoms with E-state index in [4.69, 9.17) is 4.74 Å². The van der Waals surface area contributed by atoms with Gasteiger partial charge in [0.1, 0.15) is 17.3 Å². The second-order valence-corrected chi connectivity index (χ2v) is 7.00. The topological polar surface area (TPSA) is 50.6 Å². The summed E-state index contributed by atoms with van der Waals surface area (Å²) < 4.78 is 20.2. The van der Waals surface area contributed by atoms with Crippen molar-refractivity contribution in [2.24, 2.45) is 7.05 Å². The second-order valence-electron chi connectivity index (χ2n) is 7.00. The van der Waals surface area contributed by atoms with E-state index >= 15 is 0 Å². The number of carbonyl (C=O) groups is 1. The third-order valence-electron chi connectivity index (χ3n) is 5.23. The molecular formula is C22H23FN4O2. The molecule has 1 aliphatic heterocycles. The van der Waals surface area contributed by atoms with Crippen molar-refractivity contribution in [1.29, 1.82) is 0 Å². The Hall–Kier alpha value is -3.35. The SMILES string of the molecule is COc1ccccc1N1CCN(C(=O)c2cc(-c3ccc(F)cc3)nn2C)CC1. The number of rotatable bonds is 4. The van der Waals surface area contributed by atoms with Crippen molar-refractivity contribution in [2.45, 2.75) is 0 Å². The number of methoxy groups -OCH3 is 1. The van der Waals surface area contributed by atoms with Gasteiger partial charge in [0.25, 0.3) is 5.91 Å². The predicted octanol–water partition coefficient (Wildman–Crippen LogP) is 3.20. The zero-order chi connectivity index (χ0) is 20.4. The average Bonchev–Trinajstić information content (AvgIpc) is 3.15. The van der Waals surface area contributed by atoms with Gasteiger partial charge in [0.2, 0.25) is 0 Å². The van der Waals surface area contributed by atoms with Crippen LogP contribution in [0.5, 0.6) is 5.75 Å². The zero-order valence-corrected chi connectivity index (χ0v) is 16.5. The number of carbonyl (C=O) groups excluding carboxylic acids is 1.